The van der Waals surface area contributed by atoms with Crippen molar-refractivity contribution in [2.24, 2.45) is 0 Å². The van der Waals surface area contributed by atoms with Crippen molar-refractivity contribution in [1.29, 1.82) is 0 Å². The van der Waals surface area contributed by atoms with E-state index >= 15 is 0 Å². The molecule has 4 aromatic carbocycles. The van der Waals surface area contributed by atoms with Gasteiger partial charge in [-0.3, -0.25) is 0 Å². The second-order valence-corrected chi connectivity index (χ2v) is 9.47. The van der Waals surface area contributed by atoms with E-state index < -0.39 is 30.2 Å². The van der Waals surface area contributed by atoms with Gasteiger partial charge in [-0.05, 0) is 46.5 Å². The number of benzene rings is 4. The molecule has 170 valence electrons. The molecule has 1 aliphatic rings. The summed E-state index contributed by atoms with van der Waals surface area (Å²) >= 11 is 0. The largest absolute Gasteiger partial charge is 0.390 e. The molecule has 4 aromatic rings. The van der Waals surface area contributed by atoms with Crippen molar-refractivity contribution in [2.75, 3.05) is 0 Å². The number of rotatable bonds is 6. The van der Waals surface area contributed by atoms with Gasteiger partial charge in [0, 0.05) is 12.8 Å². The van der Waals surface area contributed by atoms with E-state index in [1.807, 2.05) is 50.2 Å². The maximum atomic E-state index is 11.1. The van der Waals surface area contributed by atoms with Crippen LogP contribution >= 0.6 is 0 Å². The minimum atomic E-state index is -0.871. The van der Waals surface area contributed by atoms with E-state index in [4.69, 9.17) is 9.47 Å². The third-order valence-electron chi connectivity index (χ3n) is 6.44. The molecule has 1 aliphatic heterocycles. The Morgan fingerprint density at radius 2 is 1.03 bits per heavy atom. The standard InChI is InChI=1S/C29H30O4/c1-29(2)32-27(25(30)17-19-11-13-21-7-3-5-9-23(21)15-19)28(33-29)26(31)18-20-12-14-22-8-4-6-10-24(22)16-20/h3-16,25-28,30-31H,17-18H2,1-2H3/t25-,26-,27-,28-/m0/s1. The van der Waals surface area contributed by atoms with E-state index in [-0.39, 0.29) is 0 Å². The molecule has 0 unspecified atom stereocenters. The predicted octanol–water partition coefficient (Wildman–Crippen LogP) is 5.02. The molecule has 4 atom stereocenters. The Hall–Kier alpha value is -2.76. The van der Waals surface area contributed by atoms with Gasteiger partial charge in [-0.1, -0.05) is 84.9 Å². The SMILES string of the molecule is CC1(C)O[C@@H]([C@@H](O)Cc2ccc3ccccc3c2)[C@H]([C@@H](O)Cc2ccc3ccccc3c2)O1. The van der Waals surface area contributed by atoms with Crippen LogP contribution in [0, 0.1) is 0 Å². The molecule has 0 aromatic heterocycles. The minimum absolute atomic E-state index is 0.425. The van der Waals surface area contributed by atoms with E-state index in [1.165, 1.54) is 10.8 Å². The molecule has 1 saturated heterocycles. The number of fused-ring (bicyclic) bond motifs is 2. The Balaban J connectivity index is 1.33. The zero-order chi connectivity index (χ0) is 23.0. The van der Waals surface area contributed by atoms with Crippen LogP contribution in [0.15, 0.2) is 84.9 Å². The van der Waals surface area contributed by atoms with E-state index in [2.05, 4.69) is 48.5 Å². The molecule has 0 bridgehead atoms. The Morgan fingerprint density at radius 3 is 1.45 bits per heavy atom. The molecule has 0 radical (unpaired) electrons. The maximum Gasteiger partial charge on any atom is 0.164 e. The average Bonchev–Trinajstić information content (AvgIpc) is 3.15. The highest BCUT2D eigenvalue weighted by molar-refractivity contribution is 5.83. The summed E-state index contributed by atoms with van der Waals surface area (Å²) in [5.41, 5.74) is 2.05. The second-order valence-electron chi connectivity index (χ2n) is 9.47. The van der Waals surface area contributed by atoms with Gasteiger partial charge < -0.3 is 19.7 Å². The molecule has 0 saturated carbocycles. The zero-order valence-electron chi connectivity index (χ0n) is 19.0. The molecule has 0 aliphatic carbocycles. The summed E-state index contributed by atoms with van der Waals surface area (Å²) in [6.45, 7) is 3.65. The summed E-state index contributed by atoms with van der Waals surface area (Å²) in [7, 11) is 0. The summed E-state index contributed by atoms with van der Waals surface area (Å²) < 4.78 is 12.2. The summed E-state index contributed by atoms with van der Waals surface area (Å²) in [4.78, 5) is 0. The monoisotopic (exact) mass is 442 g/mol. The van der Waals surface area contributed by atoms with Crippen LogP contribution in [0.5, 0.6) is 0 Å². The van der Waals surface area contributed by atoms with Gasteiger partial charge in [-0.25, -0.2) is 0 Å². The van der Waals surface area contributed by atoms with Gasteiger partial charge >= 0.3 is 0 Å². The molecule has 1 fully saturated rings. The lowest BCUT2D eigenvalue weighted by atomic mass is 9.93. The van der Waals surface area contributed by atoms with E-state index in [9.17, 15) is 10.2 Å². The smallest absolute Gasteiger partial charge is 0.164 e. The topological polar surface area (TPSA) is 58.9 Å². The molecule has 33 heavy (non-hydrogen) atoms. The highest BCUT2D eigenvalue weighted by atomic mass is 16.8. The van der Waals surface area contributed by atoms with Gasteiger partial charge in [-0.15, -0.1) is 0 Å². The number of aliphatic hydroxyl groups excluding tert-OH is 2. The maximum absolute atomic E-state index is 11.1. The van der Waals surface area contributed by atoms with E-state index in [0.29, 0.717) is 12.8 Å². The number of ether oxygens (including phenoxy) is 2. The lowest BCUT2D eigenvalue weighted by Crippen LogP contribution is -2.44. The van der Waals surface area contributed by atoms with Crippen molar-refractivity contribution in [3.63, 3.8) is 0 Å². The first-order valence-electron chi connectivity index (χ1n) is 11.6. The van der Waals surface area contributed by atoms with E-state index in [1.54, 1.807) is 0 Å². The fourth-order valence-corrected chi connectivity index (χ4v) is 4.86. The van der Waals surface area contributed by atoms with Gasteiger partial charge in [0.2, 0.25) is 0 Å². The summed E-state index contributed by atoms with van der Waals surface area (Å²) in [6, 6.07) is 28.7. The van der Waals surface area contributed by atoms with E-state index in [0.717, 1.165) is 21.9 Å². The quantitative estimate of drug-likeness (QED) is 0.440. The lowest BCUT2D eigenvalue weighted by molar-refractivity contribution is -0.160. The van der Waals surface area contributed by atoms with Crippen LogP contribution < -0.4 is 0 Å². The van der Waals surface area contributed by atoms with Gasteiger partial charge in [0.25, 0.3) is 0 Å². The molecule has 2 N–H and O–H groups in total. The Kier molecular flexibility index (Phi) is 5.94. The molecule has 0 amide bonds. The Bertz CT molecular complexity index is 1170. The van der Waals surface area contributed by atoms with Crippen LogP contribution in [0.3, 0.4) is 0 Å². The number of hydrogen-bond acceptors (Lipinski definition) is 4. The van der Waals surface area contributed by atoms with Gasteiger partial charge in [-0.2, -0.15) is 0 Å². The van der Waals surface area contributed by atoms with Crippen LogP contribution in [-0.4, -0.2) is 40.4 Å². The first-order valence-corrected chi connectivity index (χ1v) is 11.6. The summed E-state index contributed by atoms with van der Waals surface area (Å²) in [5.74, 6) is -0.871. The molecular weight excluding hydrogens is 412 g/mol. The second kappa shape index (κ2) is 8.88. The summed E-state index contributed by atoms with van der Waals surface area (Å²) in [6.07, 6.45) is -2.00. The molecule has 4 heteroatoms. The molecule has 1 heterocycles. The van der Waals surface area contributed by atoms with Crippen molar-refractivity contribution in [3.8, 4) is 0 Å². The Morgan fingerprint density at radius 1 is 0.636 bits per heavy atom. The predicted molar refractivity (Wildman–Crippen MR) is 131 cm³/mol. The minimum Gasteiger partial charge on any atom is -0.390 e. The normalized spacial score (nSPS) is 21.9. The number of aliphatic hydroxyl groups is 2. The zero-order valence-corrected chi connectivity index (χ0v) is 19.0. The van der Waals surface area contributed by atoms with Crippen LogP contribution in [0.1, 0.15) is 25.0 Å². The molecule has 5 rings (SSSR count). The average molecular weight is 443 g/mol. The molecule has 4 nitrogen and oxygen atoms in total. The third-order valence-corrected chi connectivity index (χ3v) is 6.44. The van der Waals surface area contributed by atoms with Gasteiger partial charge in [0.1, 0.15) is 12.2 Å². The van der Waals surface area contributed by atoms with Crippen molar-refractivity contribution >= 4 is 21.5 Å². The summed E-state index contributed by atoms with van der Waals surface area (Å²) in [5, 5.41) is 26.8. The van der Waals surface area contributed by atoms with Crippen molar-refractivity contribution in [3.05, 3.63) is 96.1 Å². The first-order chi connectivity index (χ1) is 15.9. The van der Waals surface area contributed by atoms with Gasteiger partial charge in [0.15, 0.2) is 5.79 Å². The van der Waals surface area contributed by atoms with Crippen LogP contribution in [-0.2, 0) is 22.3 Å². The highest BCUT2D eigenvalue weighted by Gasteiger charge is 2.47. The van der Waals surface area contributed by atoms with Crippen LogP contribution in [0.25, 0.3) is 21.5 Å². The van der Waals surface area contributed by atoms with Crippen molar-refractivity contribution < 1.29 is 19.7 Å². The third kappa shape index (κ3) is 4.80. The molecule has 0 spiro atoms. The first kappa shape index (κ1) is 22.1. The van der Waals surface area contributed by atoms with Crippen molar-refractivity contribution in [2.45, 2.75) is 56.9 Å². The van der Waals surface area contributed by atoms with Gasteiger partial charge in [0.05, 0.1) is 12.2 Å². The number of hydrogen-bond donors (Lipinski definition) is 2. The molecular formula is C29H30O4. The fourth-order valence-electron chi connectivity index (χ4n) is 4.86. The lowest BCUT2D eigenvalue weighted by Gasteiger charge is -2.26. The fraction of sp³-hybridized carbons (Fsp3) is 0.310. The van der Waals surface area contributed by atoms with Crippen LogP contribution in [0.2, 0.25) is 0 Å². The van der Waals surface area contributed by atoms with Crippen molar-refractivity contribution in [1.82, 2.24) is 0 Å². The van der Waals surface area contributed by atoms with Crippen LogP contribution in [0.4, 0.5) is 0 Å². The highest BCUT2D eigenvalue weighted by Crippen LogP contribution is 2.34. The Labute approximate surface area is 194 Å².